The Kier molecular flexibility index (Phi) is 7.00. The Morgan fingerprint density at radius 1 is 1.19 bits per heavy atom. The van der Waals surface area contributed by atoms with Crippen molar-refractivity contribution in [3.05, 3.63) is 45.1 Å². The average molecular weight is 416 g/mol. The Hall–Kier alpha value is -1.93. The number of ether oxygens (including phenoxy) is 3. The van der Waals surface area contributed by atoms with Gasteiger partial charge in [0.15, 0.2) is 0 Å². The lowest BCUT2D eigenvalue weighted by Gasteiger charge is -2.33. The van der Waals surface area contributed by atoms with Gasteiger partial charge in [-0.15, -0.1) is 0 Å². The second-order valence-electron chi connectivity index (χ2n) is 5.81. The van der Waals surface area contributed by atoms with Crippen molar-refractivity contribution < 1.29 is 28.9 Å². The maximum Gasteiger partial charge on any atom is 0.336 e. The van der Waals surface area contributed by atoms with Gasteiger partial charge in [-0.05, 0) is 24.6 Å². The molecule has 0 amide bonds. The number of rotatable bonds is 6. The van der Waals surface area contributed by atoms with E-state index in [1.54, 1.807) is 19.1 Å². The van der Waals surface area contributed by atoms with Crippen molar-refractivity contribution in [3.8, 4) is 0 Å². The number of halogens is 2. The Morgan fingerprint density at radius 2 is 1.81 bits per heavy atom. The van der Waals surface area contributed by atoms with Crippen molar-refractivity contribution in [1.29, 1.82) is 0 Å². The van der Waals surface area contributed by atoms with Crippen LogP contribution in [0.25, 0.3) is 0 Å². The summed E-state index contributed by atoms with van der Waals surface area (Å²) in [6.45, 7) is 1.56. The summed E-state index contributed by atoms with van der Waals surface area (Å²) in [6, 6.07) is 4.64. The van der Waals surface area contributed by atoms with Crippen LogP contribution in [0.4, 0.5) is 0 Å². The van der Waals surface area contributed by atoms with Gasteiger partial charge < -0.3 is 19.3 Å². The third-order valence-corrected chi connectivity index (χ3v) is 4.85. The third-order valence-electron chi connectivity index (χ3n) is 4.29. The number of methoxy groups -OCH3 is 3. The van der Waals surface area contributed by atoms with Crippen LogP contribution >= 0.6 is 23.2 Å². The predicted molar refractivity (Wildman–Crippen MR) is 100 cm³/mol. The molecular weight excluding hydrogens is 397 g/mol. The van der Waals surface area contributed by atoms with E-state index in [9.17, 15) is 14.7 Å². The molecule has 0 bridgehead atoms. The molecule has 0 saturated heterocycles. The zero-order chi connectivity index (χ0) is 20.3. The predicted octanol–water partition coefficient (Wildman–Crippen LogP) is 3.30. The van der Waals surface area contributed by atoms with Crippen LogP contribution in [0.2, 0.25) is 10.0 Å². The van der Waals surface area contributed by atoms with E-state index >= 15 is 0 Å². The maximum absolute atomic E-state index is 12.6. The summed E-state index contributed by atoms with van der Waals surface area (Å²) < 4.78 is 15.4. The summed E-state index contributed by atoms with van der Waals surface area (Å²) in [5.74, 6) is -3.99. The molecule has 7 nitrogen and oxygen atoms in total. The third kappa shape index (κ3) is 4.16. The molecule has 0 aromatic heterocycles. The summed E-state index contributed by atoms with van der Waals surface area (Å²) in [4.78, 5) is 28.9. The molecule has 0 saturated carbocycles. The van der Waals surface area contributed by atoms with Crippen molar-refractivity contribution >= 4 is 40.9 Å². The van der Waals surface area contributed by atoms with Gasteiger partial charge in [0.1, 0.15) is 11.6 Å². The lowest BCUT2D eigenvalue weighted by atomic mass is 9.75. The van der Waals surface area contributed by atoms with Gasteiger partial charge in [0.2, 0.25) is 6.29 Å². The average Bonchev–Trinajstić information content (AvgIpc) is 2.61. The highest BCUT2D eigenvalue weighted by Crippen LogP contribution is 2.43. The first kappa shape index (κ1) is 21.4. The molecule has 2 unspecified atom stereocenters. The van der Waals surface area contributed by atoms with E-state index in [-0.39, 0.29) is 22.0 Å². The molecule has 146 valence electrons. The smallest absolute Gasteiger partial charge is 0.336 e. The summed E-state index contributed by atoms with van der Waals surface area (Å²) in [5.41, 5.74) is 0.832. The summed E-state index contributed by atoms with van der Waals surface area (Å²) in [5, 5.41) is 10.4. The molecule has 9 heteroatoms. The SMILES string of the molecule is COC(=O)C1=C(C(OC)OC)N=C(C)C(C(=O)O)C1c1ccc(Cl)cc1Cl. The van der Waals surface area contributed by atoms with E-state index < -0.39 is 30.1 Å². The summed E-state index contributed by atoms with van der Waals surface area (Å²) in [6.07, 6.45) is -0.989. The molecule has 27 heavy (non-hydrogen) atoms. The van der Waals surface area contributed by atoms with Gasteiger partial charge in [-0.2, -0.15) is 0 Å². The summed E-state index contributed by atoms with van der Waals surface area (Å²) in [7, 11) is 3.96. The van der Waals surface area contributed by atoms with Crippen LogP contribution in [0.1, 0.15) is 18.4 Å². The van der Waals surface area contributed by atoms with E-state index in [0.717, 1.165) is 0 Å². The Balaban J connectivity index is 2.84. The molecule has 0 aliphatic carbocycles. The minimum atomic E-state index is -1.15. The van der Waals surface area contributed by atoms with E-state index in [2.05, 4.69) is 4.99 Å². The van der Waals surface area contributed by atoms with E-state index in [4.69, 9.17) is 37.4 Å². The molecule has 0 spiro atoms. The van der Waals surface area contributed by atoms with Crippen molar-refractivity contribution in [2.45, 2.75) is 19.1 Å². The number of aliphatic carboxylic acids is 1. The molecular formula is C18H19Cl2NO6. The second kappa shape index (κ2) is 8.84. The Labute approximate surface area is 166 Å². The fraction of sp³-hybridized carbons (Fsp3) is 0.389. The normalized spacial score (nSPS) is 19.9. The highest BCUT2D eigenvalue weighted by Gasteiger charge is 2.44. The number of carboxylic acid groups (broad SMARTS) is 1. The number of aliphatic imine (C=N–C) groups is 1. The second-order valence-corrected chi connectivity index (χ2v) is 6.65. The quantitative estimate of drug-likeness (QED) is 0.565. The van der Waals surface area contributed by atoms with Crippen molar-refractivity contribution in [2.75, 3.05) is 21.3 Å². The molecule has 0 radical (unpaired) electrons. The lowest BCUT2D eigenvalue weighted by molar-refractivity contribution is -0.140. The first-order valence-corrected chi connectivity index (χ1v) is 8.63. The van der Waals surface area contributed by atoms with Crippen molar-refractivity contribution in [1.82, 2.24) is 0 Å². The van der Waals surface area contributed by atoms with Crippen LogP contribution in [-0.2, 0) is 23.8 Å². The zero-order valence-electron chi connectivity index (χ0n) is 15.2. The first-order valence-electron chi connectivity index (χ1n) is 7.87. The number of carboxylic acids is 1. The lowest BCUT2D eigenvalue weighted by Crippen LogP contribution is -2.37. The standard InChI is InChI=1S/C18H19Cl2NO6/c1-8-12(16(22)23)13(10-6-5-9(19)7-11(10)20)14(17(24)25-2)15(21-8)18(26-3)27-4/h5-7,12-13,18H,1-4H3,(H,22,23). The largest absolute Gasteiger partial charge is 0.481 e. The van der Waals surface area contributed by atoms with Crippen molar-refractivity contribution in [3.63, 3.8) is 0 Å². The minimum Gasteiger partial charge on any atom is -0.481 e. The van der Waals surface area contributed by atoms with E-state index in [0.29, 0.717) is 10.6 Å². The number of hydrogen-bond donors (Lipinski definition) is 1. The number of carbonyl (C=O) groups excluding carboxylic acids is 1. The fourth-order valence-corrected chi connectivity index (χ4v) is 3.66. The Morgan fingerprint density at radius 3 is 2.30 bits per heavy atom. The first-order chi connectivity index (χ1) is 12.8. The van der Waals surface area contributed by atoms with Gasteiger partial charge in [-0.1, -0.05) is 29.3 Å². The number of nitrogens with zero attached hydrogens (tertiary/aromatic N) is 1. The van der Waals surface area contributed by atoms with Crippen LogP contribution in [0.3, 0.4) is 0 Å². The van der Waals surface area contributed by atoms with Crippen LogP contribution in [-0.4, -0.2) is 50.4 Å². The van der Waals surface area contributed by atoms with Crippen LogP contribution in [0, 0.1) is 5.92 Å². The number of benzene rings is 1. The summed E-state index contributed by atoms with van der Waals surface area (Å²) >= 11 is 12.3. The topological polar surface area (TPSA) is 94.4 Å². The zero-order valence-corrected chi connectivity index (χ0v) is 16.7. The Bertz CT molecular complexity index is 816. The highest BCUT2D eigenvalue weighted by molar-refractivity contribution is 6.35. The van der Waals surface area contributed by atoms with Crippen LogP contribution < -0.4 is 0 Å². The van der Waals surface area contributed by atoms with E-state index in [1.807, 2.05) is 0 Å². The number of esters is 1. The molecule has 2 atom stereocenters. The molecule has 0 fully saturated rings. The molecule has 1 heterocycles. The van der Waals surface area contributed by atoms with Crippen LogP contribution in [0.5, 0.6) is 0 Å². The minimum absolute atomic E-state index is 0.00780. The molecule has 1 aromatic rings. The van der Waals surface area contributed by atoms with Gasteiger partial charge in [-0.3, -0.25) is 9.79 Å². The van der Waals surface area contributed by atoms with Crippen LogP contribution in [0.15, 0.2) is 34.5 Å². The van der Waals surface area contributed by atoms with Crippen molar-refractivity contribution in [2.24, 2.45) is 10.9 Å². The molecule has 2 rings (SSSR count). The number of hydrogen-bond acceptors (Lipinski definition) is 6. The number of carbonyl (C=O) groups is 2. The highest BCUT2D eigenvalue weighted by atomic mass is 35.5. The fourth-order valence-electron chi connectivity index (χ4n) is 3.14. The molecule has 1 aliphatic rings. The maximum atomic E-state index is 12.6. The monoisotopic (exact) mass is 415 g/mol. The molecule has 1 aromatic carbocycles. The molecule has 1 N–H and O–H groups in total. The van der Waals surface area contributed by atoms with Gasteiger partial charge in [0, 0.05) is 35.9 Å². The van der Waals surface area contributed by atoms with Gasteiger partial charge in [0.05, 0.1) is 12.7 Å². The van der Waals surface area contributed by atoms with Gasteiger partial charge in [-0.25, -0.2) is 4.79 Å². The van der Waals surface area contributed by atoms with E-state index in [1.165, 1.54) is 27.4 Å². The van der Waals surface area contributed by atoms with Gasteiger partial charge >= 0.3 is 11.9 Å². The molecule has 1 aliphatic heterocycles. The van der Waals surface area contributed by atoms with Gasteiger partial charge in [0.25, 0.3) is 0 Å².